The van der Waals surface area contributed by atoms with Gasteiger partial charge in [0.2, 0.25) is 5.43 Å². The fraction of sp³-hybridized carbons (Fsp3) is 0.688. The van der Waals surface area contributed by atoms with Crippen molar-refractivity contribution in [3.8, 4) is 5.75 Å². The smallest absolute Gasteiger partial charge is 0.223 e. The molecule has 21 heavy (non-hydrogen) atoms. The second-order valence-corrected chi connectivity index (χ2v) is 5.90. The van der Waals surface area contributed by atoms with Gasteiger partial charge in [-0.25, -0.2) is 0 Å². The van der Waals surface area contributed by atoms with Crippen LogP contribution in [0.15, 0.2) is 10.9 Å². The van der Waals surface area contributed by atoms with Gasteiger partial charge in [0, 0.05) is 18.3 Å². The van der Waals surface area contributed by atoms with Gasteiger partial charge in [0.25, 0.3) is 0 Å². The van der Waals surface area contributed by atoms with E-state index in [4.69, 9.17) is 0 Å². The molecule has 2 heterocycles. The molecule has 118 valence electrons. The van der Waals surface area contributed by atoms with Crippen LogP contribution in [0.3, 0.4) is 0 Å². The highest BCUT2D eigenvalue weighted by atomic mass is 16.3. The number of likely N-dealkylation sites (tertiary alicyclic amines) is 1. The molecule has 1 aromatic heterocycles. The monoisotopic (exact) mass is 294 g/mol. The van der Waals surface area contributed by atoms with Crippen molar-refractivity contribution < 1.29 is 10.2 Å². The highest BCUT2D eigenvalue weighted by Gasteiger charge is 2.21. The van der Waals surface area contributed by atoms with E-state index in [1.165, 1.54) is 12.5 Å². The molecule has 1 aliphatic rings. The van der Waals surface area contributed by atoms with Crippen molar-refractivity contribution in [2.45, 2.75) is 52.1 Å². The molecule has 0 radical (unpaired) electrons. The van der Waals surface area contributed by atoms with Gasteiger partial charge in [0.15, 0.2) is 5.75 Å². The number of aromatic hydroxyl groups is 1. The van der Waals surface area contributed by atoms with Crippen LogP contribution in [0, 0.1) is 6.92 Å². The van der Waals surface area contributed by atoms with E-state index >= 15 is 0 Å². The molecule has 0 bridgehead atoms. The molecule has 1 atom stereocenters. The van der Waals surface area contributed by atoms with E-state index in [2.05, 4.69) is 4.90 Å². The SMILES string of the molecule is CCC(CO)n1c(C)cc(=O)c(O)c1CN1CCCCC1. The zero-order valence-corrected chi connectivity index (χ0v) is 13.0. The van der Waals surface area contributed by atoms with Crippen molar-refractivity contribution in [1.82, 2.24) is 9.47 Å². The molecular formula is C16H26N2O3. The second-order valence-electron chi connectivity index (χ2n) is 5.90. The van der Waals surface area contributed by atoms with Crippen molar-refractivity contribution >= 4 is 0 Å². The maximum absolute atomic E-state index is 11.9. The average molecular weight is 294 g/mol. The molecule has 0 saturated carbocycles. The lowest BCUT2D eigenvalue weighted by molar-refractivity contribution is 0.192. The predicted octanol–water partition coefficient (Wildman–Crippen LogP) is 1.79. The van der Waals surface area contributed by atoms with Gasteiger partial charge in [-0.2, -0.15) is 0 Å². The zero-order chi connectivity index (χ0) is 15.4. The summed E-state index contributed by atoms with van der Waals surface area (Å²) >= 11 is 0. The zero-order valence-electron chi connectivity index (χ0n) is 13.0. The fourth-order valence-corrected chi connectivity index (χ4v) is 3.18. The van der Waals surface area contributed by atoms with Gasteiger partial charge >= 0.3 is 0 Å². The number of nitrogens with zero attached hydrogens (tertiary/aromatic N) is 2. The standard InChI is InChI=1S/C16H26N2O3/c1-3-13(11-19)18-12(2)9-15(20)16(21)14(18)10-17-7-5-4-6-8-17/h9,13,19,21H,3-8,10-11H2,1-2H3. The van der Waals surface area contributed by atoms with E-state index in [1.54, 1.807) is 0 Å². The summed E-state index contributed by atoms with van der Waals surface area (Å²) in [5.74, 6) is -0.168. The van der Waals surface area contributed by atoms with Crippen molar-refractivity contribution in [3.05, 3.63) is 27.7 Å². The van der Waals surface area contributed by atoms with E-state index in [1.807, 2.05) is 18.4 Å². The van der Waals surface area contributed by atoms with E-state index in [0.717, 1.165) is 38.0 Å². The third-order valence-electron chi connectivity index (χ3n) is 4.39. The molecule has 5 heteroatoms. The van der Waals surface area contributed by atoms with E-state index in [9.17, 15) is 15.0 Å². The Labute approximate surface area is 125 Å². The highest BCUT2D eigenvalue weighted by molar-refractivity contribution is 5.30. The lowest BCUT2D eigenvalue weighted by atomic mass is 10.1. The van der Waals surface area contributed by atoms with E-state index < -0.39 is 0 Å². The molecule has 5 nitrogen and oxygen atoms in total. The molecule has 1 saturated heterocycles. The Hall–Kier alpha value is -1.33. The lowest BCUT2D eigenvalue weighted by Gasteiger charge is -2.30. The molecule has 0 aromatic carbocycles. The van der Waals surface area contributed by atoms with Crippen LogP contribution in [0.1, 0.15) is 50.0 Å². The van der Waals surface area contributed by atoms with Gasteiger partial charge in [0.05, 0.1) is 18.3 Å². The number of pyridine rings is 1. The van der Waals surface area contributed by atoms with Gasteiger partial charge in [-0.05, 0) is 39.3 Å². The minimum atomic E-state index is -0.330. The van der Waals surface area contributed by atoms with Crippen LogP contribution >= 0.6 is 0 Å². The topological polar surface area (TPSA) is 65.7 Å². The minimum absolute atomic E-state index is 0.00660. The normalized spacial score (nSPS) is 17.9. The molecule has 0 aliphatic carbocycles. The Morgan fingerprint density at radius 3 is 2.52 bits per heavy atom. The Balaban J connectivity index is 2.42. The van der Waals surface area contributed by atoms with Crippen LogP contribution in [-0.2, 0) is 6.54 Å². The van der Waals surface area contributed by atoms with Gasteiger partial charge in [-0.3, -0.25) is 9.69 Å². The predicted molar refractivity (Wildman–Crippen MR) is 82.6 cm³/mol. The first-order valence-electron chi connectivity index (χ1n) is 7.85. The number of hydrogen-bond donors (Lipinski definition) is 2. The fourth-order valence-electron chi connectivity index (χ4n) is 3.18. The van der Waals surface area contributed by atoms with E-state index in [-0.39, 0.29) is 23.8 Å². The van der Waals surface area contributed by atoms with Gasteiger partial charge < -0.3 is 14.8 Å². The summed E-state index contributed by atoms with van der Waals surface area (Å²) in [7, 11) is 0. The number of aryl methyl sites for hydroxylation is 1. The number of hydrogen-bond acceptors (Lipinski definition) is 4. The maximum atomic E-state index is 11.9. The number of aromatic nitrogens is 1. The maximum Gasteiger partial charge on any atom is 0.223 e. The van der Waals surface area contributed by atoms with Crippen LogP contribution in [0.2, 0.25) is 0 Å². The summed E-state index contributed by atoms with van der Waals surface area (Å²) in [5.41, 5.74) is 1.11. The molecule has 2 N–H and O–H groups in total. The molecular weight excluding hydrogens is 268 g/mol. The molecule has 2 rings (SSSR count). The average Bonchev–Trinajstić information content (AvgIpc) is 2.49. The first kappa shape index (κ1) is 16.0. The quantitative estimate of drug-likeness (QED) is 0.869. The van der Waals surface area contributed by atoms with Crippen LogP contribution in [0.5, 0.6) is 5.75 Å². The lowest BCUT2D eigenvalue weighted by Crippen LogP contribution is -2.32. The number of piperidine rings is 1. The van der Waals surface area contributed by atoms with Crippen LogP contribution in [-0.4, -0.2) is 39.4 Å². The van der Waals surface area contributed by atoms with Crippen molar-refractivity contribution in [1.29, 1.82) is 0 Å². The Kier molecular flexibility index (Phi) is 5.42. The Morgan fingerprint density at radius 1 is 1.29 bits per heavy atom. The Morgan fingerprint density at radius 2 is 1.95 bits per heavy atom. The minimum Gasteiger partial charge on any atom is -0.503 e. The summed E-state index contributed by atoms with van der Waals surface area (Å²) in [6.07, 6.45) is 4.33. The van der Waals surface area contributed by atoms with Crippen molar-refractivity contribution in [2.24, 2.45) is 0 Å². The molecule has 0 amide bonds. The Bertz CT molecular complexity index is 529. The first-order valence-corrected chi connectivity index (χ1v) is 7.85. The van der Waals surface area contributed by atoms with Gasteiger partial charge in [-0.1, -0.05) is 13.3 Å². The number of rotatable bonds is 5. The number of aliphatic hydroxyl groups excluding tert-OH is 1. The molecule has 1 aliphatic heterocycles. The van der Waals surface area contributed by atoms with Crippen molar-refractivity contribution in [3.63, 3.8) is 0 Å². The number of aliphatic hydroxyl groups is 1. The van der Waals surface area contributed by atoms with Gasteiger partial charge in [0.1, 0.15) is 0 Å². The molecule has 1 unspecified atom stereocenters. The summed E-state index contributed by atoms with van der Waals surface area (Å²) in [6.45, 7) is 6.43. The third kappa shape index (κ3) is 3.47. The largest absolute Gasteiger partial charge is 0.503 e. The summed E-state index contributed by atoms with van der Waals surface area (Å²) in [4.78, 5) is 14.2. The van der Waals surface area contributed by atoms with Gasteiger partial charge in [-0.15, -0.1) is 0 Å². The highest BCUT2D eigenvalue weighted by Crippen LogP contribution is 2.24. The van der Waals surface area contributed by atoms with Crippen molar-refractivity contribution in [2.75, 3.05) is 19.7 Å². The van der Waals surface area contributed by atoms with Crippen LogP contribution in [0.25, 0.3) is 0 Å². The summed E-state index contributed by atoms with van der Waals surface area (Å²) in [5, 5.41) is 19.8. The van der Waals surface area contributed by atoms with Crippen LogP contribution < -0.4 is 5.43 Å². The molecule has 1 fully saturated rings. The van der Waals surface area contributed by atoms with Crippen LogP contribution in [0.4, 0.5) is 0 Å². The summed E-state index contributed by atoms with van der Waals surface area (Å²) in [6, 6.07) is 1.35. The summed E-state index contributed by atoms with van der Waals surface area (Å²) < 4.78 is 1.94. The molecule has 0 spiro atoms. The molecule has 1 aromatic rings. The third-order valence-corrected chi connectivity index (χ3v) is 4.39. The first-order chi connectivity index (χ1) is 10.1. The second kappa shape index (κ2) is 7.09. The van der Waals surface area contributed by atoms with E-state index in [0.29, 0.717) is 12.2 Å².